The standard InChI is InChI=1S/C12H23NO2/c1-4-11(7-10-5-6-10)13-9(3)8(2)12(14)15/h8-11,13H,4-7H2,1-3H3,(H,14,15). The fourth-order valence-electron chi connectivity index (χ4n) is 1.84. The number of nitrogens with one attached hydrogen (secondary N) is 1. The molecule has 3 nitrogen and oxygen atoms in total. The quantitative estimate of drug-likeness (QED) is 0.682. The first-order valence-corrected chi connectivity index (χ1v) is 6.03. The molecule has 0 aromatic heterocycles. The van der Waals surface area contributed by atoms with Crippen LogP contribution in [0.1, 0.15) is 46.5 Å². The van der Waals surface area contributed by atoms with Gasteiger partial charge >= 0.3 is 5.97 Å². The van der Waals surface area contributed by atoms with Crippen LogP contribution in [0.4, 0.5) is 0 Å². The Balaban J connectivity index is 2.32. The highest BCUT2D eigenvalue weighted by molar-refractivity contribution is 5.70. The molecule has 88 valence electrons. The molecule has 1 saturated carbocycles. The zero-order valence-electron chi connectivity index (χ0n) is 9.99. The van der Waals surface area contributed by atoms with Crippen molar-refractivity contribution >= 4 is 5.97 Å². The lowest BCUT2D eigenvalue weighted by atomic mass is 10.0. The third kappa shape index (κ3) is 4.20. The second kappa shape index (κ2) is 5.50. The molecule has 0 aromatic carbocycles. The summed E-state index contributed by atoms with van der Waals surface area (Å²) < 4.78 is 0. The number of rotatable bonds is 7. The van der Waals surface area contributed by atoms with E-state index < -0.39 is 5.97 Å². The maximum atomic E-state index is 10.8. The number of hydrogen-bond acceptors (Lipinski definition) is 2. The molecule has 0 spiro atoms. The van der Waals surface area contributed by atoms with E-state index in [2.05, 4.69) is 12.2 Å². The lowest BCUT2D eigenvalue weighted by Crippen LogP contribution is -2.42. The maximum absolute atomic E-state index is 10.8. The monoisotopic (exact) mass is 213 g/mol. The van der Waals surface area contributed by atoms with Gasteiger partial charge in [-0.05, 0) is 25.7 Å². The van der Waals surface area contributed by atoms with Crippen LogP contribution in [0.5, 0.6) is 0 Å². The third-order valence-electron chi connectivity index (χ3n) is 3.45. The fraction of sp³-hybridized carbons (Fsp3) is 0.917. The van der Waals surface area contributed by atoms with Crippen LogP contribution < -0.4 is 5.32 Å². The molecule has 0 heterocycles. The van der Waals surface area contributed by atoms with Crippen molar-refractivity contribution in [3.05, 3.63) is 0 Å². The van der Waals surface area contributed by atoms with Crippen LogP contribution in [0.3, 0.4) is 0 Å². The molecule has 0 radical (unpaired) electrons. The van der Waals surface area contributed by atoms with E-state index in [1.54, 1.807) is 6.92 Å². The van der Waals surface area contributed by atoms with E-state index in [0.717, 1.165) is 12.3 Å². The highest BCUT2D eigenvalue weighted by Gasteiger charge is 2.27. The summed E-state index contributed by atoms with van der Waals surface area (Å²) in [5.74, 6) is -0.121. The molecular weight excluding hydrogens is 190 g/mol. The molecule has 1 rings (SSSR count). The topological polar surface area (TPSA) is 49.3 Å². The van der Waals surface area contributed by atoms with Gasteiger partial charge in [-0.25, -0.2) is 0 Å². The van der Waals surface area contributed by atoms with E-state index in [4.69, 9.17) is 5.11 Å². The summed E-state index contributed by atoms with van der Waals surface area (Å²) in [6.45, 7) is 5.90. The molecule has 15 heavy (non-hydrogen) atoms. The molecule has 3 unspecified atom stereocenters. The average molecular weight is 213 g/mol. The second-order valence-electron chi connectivity index (χ2n) is 4.87. The van der Waals surface area contributed by atoms with Gasteiger partial charge in [0.15, 0.2) is 0 Å². The molecule has 1 fully saturated rings. The molecule has 0 aromatic rings. The van der Waals surface area contributed by atoms with Crippen molar-refractivity contribution in [1.82, 2.24) is 5.32 Å². The average Bonchev–Trinajstić information content (AvgIpc) is 2.99. The smallest absolute Gasteiger partial charge is 0.307 e. The van der Waals surface area contributed by atoms with Gasteiger partial charge in [0.05, 0.1) is 5.92 Å². The van der Waals surface area contributed by atoms with E-state index in [0.29, 0.717) is 6.04 Å². The molecule has 0 bridgehead atoms. The van der Waals surface area contributed by atoms with Crippen LogP contribution >= 0.6 is 0 Å². The largest absolute Gasteiger partial charge is 0.481 e. The Hall–Kier alpha value is -0.570. The van der Waals surface area contributed by atoms with Gasteiger partial charge in [-0.1, -0.05) is 26.7 Å². The Bertz CT molecular complexity index is 214. The number of carboxylic acid groups (broad SMARTS) is 1. The van der Waals surface area contributed by atoms with Gasteiger partial charge in [-0.15, -0.1) is 0 Å². The molecular formula is C12H23NO2. The fourth-order valence-corrected chi connectivity index (χ4v) is 1.84. The normalized spacial score (nSPS) is 22.1. The van der Waals surface area contributed by atoms with Crippen molar-refractivity contribution in [3.8, 4) is 0 Å². The number of aliphatic carboxylic acids is 1. The predicted molar refractivity (Wildman–Crippen MR) is 60.8 cm³/mol. The van der Waals surface area contributed by atoms with Crippen LogP contribution in [0, 0.1) is 11.8 Å². The zero-order valence-corrected chi connectivity index (χ0v) is 9.99. The van der Waals surface area contributed by atoms with Crippen molar-refractivity contribution in [1.29, 1.82) is 0 Å². The van der Waals surface area contributed by atoms with Crippen LogP contribution in [0.15, 0.2) is 0 Å². The van der Waals surface area contributed by atoms with E-state index >= 15 is 0 Å². The maximum Gasteiger partial charge on any atom is 0.307 e. The van der Waals surface area contributed by atoms with Gasteiger partial charge in [-0.2, -0.15) is 0 Å². The highest BCUT2D eigenvalue weighted by Crippen LogP contribution is 2.34. The minimum absolute atomic E-state index is 0.0613. The molecule has 0 aliphatic heterocycles. The van der Waals surface area contributed by atoms with Gasteiger partial charge in [0.2, 0.25) is 0 Å². The van der Waals surface area contributed by atoms with E-state index in [-0.39, 0.29) is 12.0 Å². The minimum atomic E-state index is -0.712. The Morgan fingerprint density at radius 1 is 1.47 bits per heavy atom. The second-order valence-corrected chi connectivity index (χ2v) is 4.87. The summed E-state index contributed by atoms with van der Waals surface area (Å²) in [6, 6.07) is 0.556. The molecule has 3 atom stereocenters. The van der Waals surface area contributed by atoms with Crippen LogP contribution in [0.2, 0.25) is 0 Å². The number of hydrogen-bond donors (Lipinski definition) is 2. The number of carboxylic acids is 1. The van der Waals surface area contributed by atoms with Crippen molar-refractivity contribution in [3.63, 3.8) is 0 Å². The van der Waals surface area contributed by atoms with Crippen LogP contribution in [-0.2, 0) is 4.79 Å². The van der Waals surface area contributed by atoms with Gasteiger partial charge < -0.3 is 10.4 Å². The minimum Gasteiger partial charge on any atom is -0.481 e. The summed E-state index contributed by atoms with van der Waals surface area (Å²) in [7, 11) is 0. The summed E-state index contributed by atoms with van der Waals surface area (Å²) in [6.07, 6.45) is 5.03. The highest BCUT2D eigenvalue weighted by atomic mass is 16.4. The Kier molecular flexibility index (Phi) is 4.58. The summed E-state index contributed by atoms with van der Waals surface area (Å²) in [5.41, 5.74) is 0. The summed E-state index contributed by atoms with van der Waals surface area (Å²) in [4.78, 5) is 10.8. The SMILES string of the molecule is CCC(CC1CC1)NC(C)C(C)C(=O)O. The van der Waals surface area contributed by atoms with Crippen molar-refractivity contribution < 1.29 is 9.90 Å². The van der Waals surface area contributed by atoms with Gasteiger partial charge in [0.25, 0.3) is 0 Å². The molecule has 1 aliphatic rings. The predicted octanol–water partition coefficient (Wildman–Crippen LogP) is 2.26. The summed E-state index contributed by atoms with van der Waals surface area (Å²) >= 11 is 0. The van der Waals surface area contributed by atoms with E-state index in [1.165, 1.54) is 19.3 Å². The molecule has 1 aliphatic carbocycles. The zero-order chi connectivity index (χ0) is 11.4. The lowest BCUT2D eigenvalue weighted by molar-refractivity contribution is -0.142. The van der Waals surface area contributed by atoms with E-state index in [9.17, 15) is 4.79 Å². The Morgan fingerprint density at radius 3 is 2.47 bits per heavy atom. The van der Waals surface area contributed by atoms with Crippen molar-refractivity contribution in [2.24, 2.45) is 11.8 Å². The van der Waals surface area contributed by atoms with Crippen LogP contribution in [-0.4, -0.2) is 23.2 Å². The first-order chi connectivity index (χ1) is 7.04. The Morgan fingerprint density at radius 2 is 2.07 bits per heavy atom. The molecule has 3 heteroatoms. The first-order valence-electron chi connectivity index (χ1n) is 6.03. The van der Waals surface area contributed by atoms with Crippen molar-refractivity contribution in [2.75, 3.05) is 0 Å². The molecule has 0 saturated heterocycles. The van der Waals surface area contributed by atoms with Crippen LogP contribution in [0.25, 0.3) is 0 Å². The first kappa shape index (κ1) is 12.5. The van der Waals surface area contributed by atoms with Gasteiger partial charge in [0.1, 0.15) is 0 Å². The molecule has 0 amide bonds. The van der Waals surface area contributed by atoms with Gasteiger partial charge in [0, 0.05) is 12.1 Å². The van der Waals surface area contributed by atoms with E-state index in [1.807, 2.05) is 6.92 Å². The third-order valence-corrected chi connectivity index (χ3v) is 3.45. The Labute approximate surface area is 92.3 Å². The van der Waals surface area contributed by atoms with Gasteiger partial charge in [-0.3, -0.25) is 4.79 Å². The molecule has 2 N–H and O–H groups in total. The lowest BCUT2D eigenvalue weighted by Gasteiger charge is -2.24. The summed E-state index contributed by atoms with van der Waals surface area (Å²) in [5, 5.41) is 12.3. The number of carbonyl (C=O) groups is 1. The van der Waals surface area contributed by atoms with Crippen molar-refractivity contribution in [2.45, 2.75) is 58.5 Å².